The first kappa shape index (κ1) is 57.8. The van der Waals surface area contributed by atoms with Crippen LogP contribution in [0, 0.1) is 0 Å². The summed E-state index contributed by atoms with van der Waals surface area (Å²) in [6, 6.07) is 8.27. The predicted octanol–water partition coefficient (Wildman–Crippen LogP) is -3.63. The van der Waals surface area contributed by atoms with Crippen LogP contribution in [0.4, 0.5) is 11.4 Å². The average Bonchev–Trinajstić information content (AvgIpc) is 3.43. The van der Waals surface area contributed by atoms with Gasteiger partial charge in [-0.15, -0.1) is 0 Å². The molecule has 5 rings (SSSR count). The molecule has 0 radical (unpaired) electrons. The van der Waals surface area contributed by atoms with Crippen molar-refractivity contribution in [2.24, 2.45) is 0 Å². The summed E-state index contributed by atoms with van der Waals surface area (Å²) in [6.07, 6.45) is 10.4. The van der Waals surface area contributed by atoms with E-state index in [0.29, 0.717) is 66.3 Å². The number of allylic oxidation sites excluding steroid dienone is 8. The van der Waals surface area contributed by atoms with Crippen molar-refractivity contribution in [1.82, 2.24) is 0 Å². The van der Waals surface area contributed by atoms with Crippen molar-refractivity contribution in [3.8, 4) is 0 Å². The van der Waals surface area contributed by atoms with Crippen molar-refractivity contribution in [1.29, 1.82) is 0 Å². The summed E-state index contributed by atoms with van der Waals surface area (Å²) >= 11 is 7.06. The SMILES string of the molecule is CC1(C)C(/C=C/C2=C(Cl)C(=C/C=C3/N(CCCCS(=O)(=O)[O-])c4ccc(S(=O)(=O)[O-])cc4C3(C)C)/CCC2)=[N+](CCCCS(=O)(=O)[O-])c2ccc(S(=O)(=O)[O-])cc21.[K+].[K+].[K+]. The van der Waals surface area contributed by atoms with Crippen LogP contribution >= 0.6 is 11.6 Å². The number of hydrogen-bond donors (Lipinski definition) is 0. The third-order valence-corrected chi connectivity index (χ3v) is 14.4. The zero-order chi connectivity index (χ0) is 42.4. The van der Waals surface area contributed by atoms with Crippen LogP contribution in [-0.4, -0.2) is 86.8 Å². The monoisotopic (exact) mass is 1000 g/mol. The van der Waals surface area contributed by atoms with E-state index < -0.39 is 62.8 Å². The second-order valence-electron chi connectivity index (χ2n) is 15.4. The molecule has 0 fully saturated rings. The first-order valence-electron chi connectivity index (χ1n) is 18.2. The summed E-state index contributed by atoms with van der Waals surface area (Å²) in [5, 5.41) is 0.496. The Morgan fingerprint density at radius 3 is 1.82 bits per heavy atom. The molecule has 2 aromatic carbocycles. The number of nitrogens with zero attached hydrogens (tertiary/aromatic N) is 2. The molecule has 0 N–H and O–H groups in total. The van der Waals surface area contributed by atoms with Gasteiger partial charge in [0.05, 0.1) is 35.4 Å². The van der Waals surface area contributed by atoms with Crippen molar-refractivity contribution in [3.63, 3.8) is 0 Å². The van der Waals surface area contributed by atoms with Crippen LogP contribution in [0.15, 0.2) is 92.4 Å². The van der Waals surface area contributed by atoms with Gasteiger partial charge in [-0.05, 0) is 105 Å². The predicted molar refractivity (Wildman–Crippen MR) is 212 cm³/mol. The maximum atomic E-state index is 11.9. The van der Waals surface area contributed by atoms with E-state index in [-0.39, 0.29) is 177 Å². The van der Waals surface area contributed by atoms with Gasteiger partial charge in [-0.25, -0.2) is 33.7 Å². The van der Waals surface area contributed by atoms with Crippen molar-refractivity contribution in [2.45, 2.75) is 93.3 Å². The zero-order valence-electron chi connectivity index (χ0n) is 34.9. The minimum atomic E-state index is -4.75. The molecule has 60 heavy (non-hydrogen) atoms. The largest absolute Gasteiger partial charge is 1.00 e. The minimum Gasteiger partial charge on any atom is -0.748 e. The summed E-state index contributed by atoms with van der Waals surface area (Å²) in [5.41, 5.74) is 3.97. The standard InChI is InChI=1S/C38H47ClN2O12S4.3K/c1-37(2)30-24-28(56(48,49)50)14-16-32(30)40(20-5-7-22-54(42,43)44)34(37)18-12-26-10-9-11-27(36(26)39)13-19-35-38(3,4)31-25-29(57(51,52)53)15-17-33(31)41(35)21-6-8-23-55(45,46)47;;;/h12-19,24-25H,5-11,20-23H2,1-4H3,(H3-,42,43,44,45,46,47,48,49,50,51,52,53);;;/q;3*+1/p-3. The topological polar surface area (TPSA) is 235 Å². The fourth-order valence-electron chi connectivity index (χ4n) is 7.77. The Morgan fingerprint density at radius 1 is 0.700 bits per heavy atom. The number of hydrogen-bond acceptors (Lipinski definition) is 13. The summed E-state index contributed by atoms with van der Waals surface area (Å²) in [5.74, 6) is -1.06. The molecule has 2 aromatic rings. The molecule has 2 heterocycles. The van der Waals surface area contributed by atoms with Crippen LogP contribution in [-0.2, 0) is 51.3 Å². The van der Waals surface area contributed by atoms with Gasteiger partial charge in [0.15, 0.2) is 5.71 Å². The summed E-state index contributed by atoms with van der Waals surface area (Å²) in [6.45, 7) is 8.14. The van der Waals surface area contributed by atoms with Crippen molar-refractivity contribution < 1.29 is 211 Å². The molecule has 0 unspecified atom stereocenters. The van der Waals surface area contributed by atoms with E-state index in [0.717, 1.165) is 29.0 Å². The van der Waals surface area contributed by atoms with E-state index in [1.165, 1.54) is 24.3 Å². The van der Waals surface area contributed by atoms with Crippen molar-refractivity contribution in [3.05, 3.63) is 93.7 Å². The Labute approximate surface area is 487 Å². The molecule has 0 saturated heterocycles. The van der Waals surface area contributed by atoms with E-state index in [4.69, 9.17) is 11.6 Å². The van der Waals surface area contributed by atoms with Crippen molar-refractivity contribution in [2.75, 3.05) is 29.5 Å². The van der Waals surface area contributed by atoms with E-state index in [9.17, 15) is 51.9 Å². The van der Waals surface area contributed by atoms with E-state index in [1.807, 2.05) is 61.5 Å². The molecule has 3 aliphatic rings. The number of anilines is 1. The fraction of sp³-hybridized carbons (Fsp3) is 0.447. The molecule has 0 bridgehead atoms. The molecule has 2 aliphatic heterocycles. The number of benzene rings is 2. The van der Waals surface area contributed by atoms with Crippen molar-refractivity contribution >= 4 is 69.2 Å². The molecular formula is C38H44ClK3N2O12S4. The number of fused-ring (bicyclic) bond motifs is 2. The Balaban J connectivity index is 0.00000413. The third kappa shape index (κ3) is 14.4. The number of rotatable bonds is 15. The van der Waals surface area contributed by atoms with Gasteiger partial charge < -0.3 is 23.1 Å². The maximum absolute atomic E-state index is 11.9. The second kappa shape index (κ2) is 22.7. The Morgan fingerprint density at radius 2 is 1.25 bits per heavy atom. The van der Waals surface area contributed by atoms with Gasteiger partial charge in [0.2, 0.25) is 5.69 Å². The molecule has 0 saturated carbocycles. The molecule has 0 aromatic heterocycles. The fourth-order valence-corrected chi connectivity index (χ4v) is 10.2. The Kier molecular flexibility index (Phi) is 21.9. The summed E-state index contributed by atoms with van der Waals surface area (Å²) in [7, 11) is -18.3. The van der Waals surface area contributed by atoms with Crippen LogP contribution in [0.3, 0.4) is 0 Å². The van der Waals surface area contributed by atoms with E-state index in [1.54, 1.807) is 12.1 Å². The maximum Gasteiger partial charge on any atom is 1.00 e. The molecule has 14 nitrogen and oxygen atoms in total. The van der Waals surface area contributed by atoms with Crippen LogP contribution in [0.5, 0.6) is 0 Å². The smallest absolute Gasteiger partial charge is 0.748 e. The van der Waals surface area contributed by atoms with Gasteiger partial charge in [-0.3, -0.25) is 0 Å². The molecule has 1 aliphatic carbocycles. The Hall–Kier alpha value is 1.71. The van der Waals surface area contributed by atoms with Gasteiger partial charge in [0.1, 0.15) is 26.8 Å². The summed E-state index contributed by atoms with van der Waals surface area (Å²) < 4.78 is 141. The van der Waals surface area contributed by atoms with Crippen LogP contribution in [0.2, 0.25) is 0 Å². The van der Waals surface area contributed by atoms with Gasteiger partial charge in [0, 0.05) is 64.0 Å². The molecule has 0 atom stereocenters. The molecule has 22 heteroatoms. The normalized spacial score (nSPS) is 19.0. The summed E-state index contributed by atoms with van der Waals surface area (Å²) in [4.78, 5) is 1.17. The zero-order valence-corrected chi connectivity index (χ0v) is 48.2. The number of halogens is 1. The first-order chi connectivity index (χ1) is 26.2. The first-order valence-corrected chi connectivity index (χ1v) is 24.6. The average molecular weight is 1000 g/mol. The molecule has 312 valence electrons. The quantitative estimate of drug-likeness (QED) is 0.0727. The van der Waals surface area contributed by atoms with Crippen LogP contribution in [0.1, 0.15) is 83.8 Å². The van der Waals surface area contributed by atoms with Gasteiger partial charge in [0.25, 0.3) is 0 Å². The Bertz CT molecular complexity index is 2590. The molecule has 0 spiro atoms. The van der Waals surface area contributed by atoms with E-state index in [2.05, 4.69) is 0 Å². The van der Waals surface area contributed by atoms with Crippen LogP contribution < -0.4 is 159 Å². The van der Waals surface area contributed by atoms with Gasteiger partial charge in [-0.1, -0.05) is 37.6 Å². The van der Waals surface area contributed by atoms with Gasteiger partial charge in [-0.2, -0.15) is 4.58 Å². The third-order valence-electron chi connectivity index (χ3n) is 10.7. The second-order valence-corrected chi connectivity index (χ2v) is 21.6. The number of unbranched alkanes of at least 4 members (excludes halogenated alkanes) is 2. The molecular weight excluding hydrogens is 957 g/mol. The molecule has 0 amide bonds. The minimum absolute atomic E-state index is 0. The van der Waals surface area contributed by atoms with E-state index >= 15 is 0 Å². The van der Waals surface area contributed by atoms with Gasteiger partial charge >= 0.3 is 154 Å². The van der Waals surface area contributed by atoms with Crippen LogP contribution in [0.25, 0.3) is 0 Å².